The molecule has 6 heteroatoms. The number of carbonyl (C=O) groups excluding carboxylic acids is 2. The molecule has 3 aromatic carbocycles. The zero-order chi connectivity index (χ0) is 18.5. The summed E-state index contributed by atoms with van der Waals surface area (Å²) in [6, 6.07) is 20.3. The molecule has 0 bridgehead atoms. The van der Waals surface area contributed by atoms with Crippen LogP contribution in [0.1, 0.15) is 5.56 Å². The average Bonchev–Trinajstić information content (AvgIpc) is 3.22. The quantitative estimate of drug-likeness (QED) is 0.639. The number of anilines is 1. The summed E-state index contributed by atoms with van der Waals surface area (Å²) >= 11 is 6.26. The maximum Gasteiger partial charge on any atom is 0.278 e. The summed E-state index contributed by atoms with van der Waals surface area (Å²) in [5.74, 6) is -1.55. The number of hydrogen-bond acceptors (Lipinski definition) is 4. The second-order valence-electron chi connectivity index (χ2n) is 6.47. The number of amides is 2. The molecule has 2 aliphatic heterocycles. The van der Waals surface area contributed by atoms with E-state index in [9.17, 15) is 9.59 Å². The minimum Gasteiger partial charge on any atom is -0.381 e. The molecule has 1 saturated heterocycles. The second-order valence-corrected chi connectivity index (χ2v) is 6.88. The van der Waals surface area contributed by atoms with E-state index in [1.54, 1.807) is 30.3 Å². The van der Waals surface area contributed by atoms with Crippen LogP contribution in [0.25, 0.3) is 10.8 Å². The molecule has 2 heterocycles. The molecular weight excluding hydrogens is 364 g/mol. The number of nitrogens with zero attached hydrogens (tertiary/aromatic N) is 2. The molecule has 27 heavy (non-hydrogen) atoms. The van der Waals surface area contributed by atoms with Crippen molar-refractivity contribution in [1.29, 1.82) is 0 Å². The smallest absolute Gasteiger partial charge is 0.278 e. The Morgan fingerprint density at radius 1 is 0.889 bits per heavy atom. The molecule has 2 aliphatic rings. The Hall–Kier alpha value is -3.18. The lowest BCUT2D eigenvalue weighted by Gasteiger charge is -2.17. The Morgan fingerprint density at radius 2 is 1.63 bits per heavy atom. The predicted molar refractivity (Wildman–Crippen MR) is 103 cm³/mol. The van der Waals surface area contributed by atoms with Crippen molar-refractivity contribution in [1.82, 2.24) is 0 Å². The molecule has 2 amide bonds. The number of imide groups is 1. The zero-order valence-corrected chi connectivity index (χ0v) is 14.8. The van der Waals surface area contributed by atoms with Gasteiger partial charge in [-0.05, 0) is 17.5 Å². The van der Waals surface area contributed by atoms with Crippen LogP contribution in [0.5, 0.6) is 0 Å². The van der Waals surface area contributed by atoms with E-state index in [-0.39, 0.29) is 5.91 Å². The maximum absolute atomic E-state index is 13.2. The first kappa shape index (κ1) is 16.0. The molecule has 3 aromatic rings. The third-order valence-corrected chi connectivity index (χ3v) is 5.30. The fraction of sp³-hybridized carbons (Fsp3) is 0.0952. The number of oxime groups is 1. The highest BCUT2D eigenvalue weighted by Crippen LogP contribution is 2.38. The van der Waals surface area contributed by atoms with Gasteiger partial charge in [0.15, 0.2) is 0 Å². The molecule has 0 saturated carbocycles. The number of halogens is 1. The minimum absolute atomic E-state index is 0.350. The summed E-state index contributed by atoms with van der Waals surface area (Å²) in [6.45, 7) is 0. The molecule has 5 nitrogen and oxygen atoms in total. The van der Waals surface area contributed by atoms with Gasteiger partial charge in [0, 0.05) is 16.0 Å². The van der Waals surface area contributed by atoms with Gasteiger partial charge in [0.25, 0.3) is 5.91 Å². The third kappa shape index (κ3) is 2.28. The monoisotopic (exact) mass is 376 g/mol. The summed E-state index contributed by atoms with van der Waals surface area (Å²) in [6.07, 6.45) is -0.956. The van der Waals surface area contributed by atoms with Gasteiger partial charge in [-0.25, -0.2) is 4.90 Å². The van der Waals surface area contributed by atoms with Crippen LogP contribution in [0.15, 0.2) is 71.9 Å². The molecule has 2 atom stereocenters. The Balaban J connectivity index is 1.61. The first-order valence-corrected chi connectivity index (χ1v) is 8.89. The summed E-state index contributed by atoms with van der Waals surface area (Å²) < 4.78 is 0. The highest BCUT2D eigenvalue weighted by molar-refractivity contribution is 6.38. The summed E-state index contributed by atoms with van der Waals surface area (Å²) in [4.78, 5) is 32.8. The summed E-state index contributed by atoms with van der Waals surface area (Å²) in [7, 11) is 0. The van der Waals surface area contributed by atoms with Gasteiger partial charge in [-0.15, -0.1) is 0 Å². The SMILES string of the molecule is O=C1C2ON=C(c3ccccc3Cl)C2C(=O)N1c1cccc2ccccc12. The second kappa shape index (κ2) is 5.93. The summed E-state index contributed by atoms with van der Waals surface area (Å²) in [5, 5.41) is 6.25. The van der Waals surface area contributed by atoms with Crippen LogP contribution < -0.4 is 4.90 Å². The maximum atomic E-state index is 13.2. The first-order valence-electron chi connectivity index (χ1n) is 8.51. The molecule has 0 aromatic heterocycles. The van der Waals surface area contributed by atoms with E-state index in [2.05, 4.69) is 5.16 Å². The van der Waals surface area contributed by atoms with Crippen LogP contribution >= 0.6 is 11.6 Å². The molecule has 0 aliphatic carbocycles. The van der Waals surface area contributed by atoms with Gasteiger partial charge >= 0.3 is 0 Å². The van der Waals surface area contributed by atoms with Crippen molar-refractivity contribution >= 4 is 45.6 Å². The van der Waals surface area contributed by atoms with Gasteiger partial charge in [-0.1, -0.05) is 71.4 Å². The number of hydrogen-bond donors (Lipinski definition) is 0. The Kier molecular flexibility index (Phi) is 3.52. The molecule has 2 unspecified atom stereocenters. The Morgan fingerprint density at radius 3 is 2.48 bits per heavy atom. The molecule has 0 spiro atoms. The topological polar surface area (TPSA) is 59.0 Å². The number of carbonyl (C=O) groups is 2. The Labute approximate surface area is 159 Å². The largest absolute Gasteiger partial charge is 0.381 e. The van der Waals surface area contributed by atoms with E-state index < -0.39 is 17.9 Å². The van der Waals surface area contributed by atoms with Crippen molar-refractivity contribution in [2.45, 2.75) is 6.10 Å². The first-order chi connectivity index (χ1) is 13.2. The number of rotatable bonds is 2. The van der Waals surface area contributed by atoms with E-state index in [0.717, 1.165) is 10.8 Å². The van der Waals surface area contributed by atoms with Crippen molar-refractivity contribution in [2.24, 2.45) is 11.1 Å². The van der Waals surface area contributed by atoms with Crippen LogP contribution in [0.4, 0.5) is 5.69 Å². The molecule has 1 fully saturated rings. The lowest BCUT2D eigenvalue weighted by Crippen LogP contribution is -2.33. The van der Waals surface area contributed by atoms with Gasteiger partial charge < -0.3 is 4.84 Å². The van der Waals surface area contributed by atoms with Gasteiger partial charge in [-0.3, -0.25) is 9.59 Å². The van der Waals surface area contributed by atoms with Crippen molar-refractivity contribution < 1.29 is 14.4 Å². The lowest BCUT2D eigenvalue weighted by atomic mass is 9.94. The molecule has 132 valence electrons. The Bertz CT molecular complexity index is 1140. The van der Waals surface area contributed by atoms with Crippen LogP contribution in [0.2, 0.25) is 5.02 Å². The summed E-state index contributed by atoms with van der Waals surface area (Å²) in [5.41, 5.74) is 1.55. The fourth-order valence-corrected chi connectivity index (χ4v) is 3.94. The highest BCUT2D eigenvalue weighted by atomic mass is 35.5. The van der Waals surface area contributed by atoms with Crippen molar-refractivity contribution in [3.8, 4) is 0 Å². The average molecular weight is 377 g/mol. The predicted octanol–water partition coefficient (Wildman–Crippen LogP) is 3.79. The van der Waals surface area contributed by atoms with E-state index in [0.29, 0.717) is 22.0 Å². The van der Waals surface area contributed by atoms with Crippen molar-refractivity contribution in [3.05, 3.63) is 77.3 Å². The van der Waals surface area contributed by atoms with Crippen LogP contribution in [-0.2, 0) is 14.4 Å². The van der Waals surface area contributed by atoms with Crippen LogP contribution in [0.3, 0.4) is 0 Å². The van der Waals surface area contributed by atoms with E-state index in [4.69, 9.17) is 16.4 Å². The van der Waals surface area contributed by atoms with Gasteiger partial charge in [0.05, 0.1) is 5.69 Å². The number of fused-ring (bicyclic) bond motifs is 2. The van der Waals surface area contributed by atoms with E-state index in [1.165, 1.54) is 4.90 Å². The standard InChI is InChI=1S/C21H13ClN2O3/c22-15-10-4-3-9-14(15)18-17-19(27-23-18)21(26)24(20(17)25)16-11-5-7-12-6-1-2-8-13(12)16/h1-11,17,19H. The highest BCUT2D eigenvalue weighted by Gasteiger charge is 2.56. The third-order valence-electron chi connectivity index (χ3n) is 4.97. The minimum atomic E-state index is -0.956. The number of benzene rings is 3. The van der Waals surface area contributed by atoms with Crippen LogP contribution in [-0.4, -0.2) is 23.6 Å². The molecule has 5 rings (SSSR count). The normalized spacial score (nSPS) is 21.4. The fourth-order valence-electron chi connectivity index (χ4n) is 3.71. The van der Waals surface area contributed by atoms with E-state index in [1.807, 2.05) is 36.4 Å². The van der Waals surface area contributed by atoms with Crippen molar-refractivity contribution in [2.75, 3.05) is 4.90 Å². The van der Waals surface area contributed by atoms with Crippen molar-refractivity contribution in [3.63, 3.8) is 0 Å². The molecule has 0 radical (unpaired) electrons. The lowest BCUT2D eigenvalue weighted by molar-refractivity contribution is -0.126. The zero-order valence-electron chi connectivity index (χ0n) is 14.0. The van der Waals surface area contributed by atoms with Gasteiger partial charge in [0.1, 0.15) is 11.6 Å². The van der Waals surface area contributed by atoms with Crippen LogP contribution in [0, 0.1) is 5.92 Å². The molecular formula is C21H13ClN2O3. The van der Waals surface area contributed by atoms with Gasteiger partial charge in [-0.2, -0.15) is 0 Å². The van der Waals surface area contributed by atoms with Gasteiger partial charge in [0.2, 0.25) is 12.0 Å². The molecule has 0 N–H and O–H groups in total. The van der Waals surface area contributed by atoms with E-state index >= 15 is 0 Å².